The van der Waals surface area contributed by atoms with Crippen molar-refractivity contribution >= 4 is 11.8 Å². The molecule has 1 atom stereocenters. The highest BCUT2D eigenvalue weighted by Gasteiger charge is 2.31. The average Bonchev–Trinajstić information content (AvgIpc) is 3.32. The second-order valence-electron chi connectivity index (χ2n) is 6.50. The minimum absolute atomic E-state index is 0.0746. The van der Waals surface area contributed by atoms with Gasteiger partial charge in [0.1, 0.15) is 11.5 Å². The van der Waals surface area contributed by atoms with Crippen molar-refractivity contribution in [1.29, 1.82) is 0 Å². The number of imidazole rings is 1. The monoisotopic (exact) mass is 352 g/mol. The molecular weight excluding hydrogens is 332 g/mol. The summed E-state index contributed by atoms with van der Waals surface area (Å²) in [5.74, 6) is 0.724. The Labute approximate surface area is 151 Å². The van der Waals surface area contributed by atoms with Gasteiger partial charge in [-0.25, -0.2) is 9.97 Å². The molecule has 0 unspecified atom stereocenters. The lowest BCUT2D eigenvalue weighted by Crippen LogP contribution is -2.41. The number of carbonyl (C=O) groups is 2. The second kappa shape index (κ2) is 6.70. The molecule has 4 rings (SSSR count). The first kappa shape index (κ1) is 16.4. The summed E-state index contributed by atoms with van der Waals surface area (Å²) in [5, 5.41) is 0. The molecule has 0 aromatic carbocycles. The van der Waals surface area contributed by atoms with Crippen LogP contribution in [0.15, 0.2) is 36.9 Å². The summed E-state index contributed by atoms with van der Waals surface area (Å²) in [4.78, 5) is 41.3. The van der Waals surface area contributed by atoms with Crippen LogP contribution in [0.4, 0.5) is 0 Å². The number of carbonyl (C=O) groups excluding carboxylic acids is 2. The zero-order valence-corrected chi connectivity index (χ0v) is 14.6. The van der Waals surface area contributed by atoms with Gasteiger partial charge in [-0.1, -0.05) is 12.2 Å². The first-order valence-corrected chi connectivity index (χ1v) is 8.69. The molecule has 2 aliphatic heterocycles. The fourth-order valence-corrected chi connectivity index (χ4v) is 3.41. The summed E-state index contributed by atoms with van der Waals surface area (Å²) in [6.45, 7) is 4.51. The third-order valence-electron chi connectivity index (χ3n) is 4.83. The lowest BCUT2D eigenvalue weighted by atomic mass is 10.2. The number of hydrogen-bond acceptors (Lipinski definition) is 5. The predicted molar refractivity (Wildman–Crippen MR) is 93.1 cm³/mol. The Kier molecular flexibility index (Phi) is 4.24. The minimum atomic E-state index is -0.185. The van der Waals surface area contributed by atoms with E-state index in [1.165, 1.54) is 12.4 Å². The van der Waals surface area contributed by atoms with Crippen LogP contribution in [-0.2, 0) is 17.8 Å². The quantitative estimate of drug-likeness (QED) is 0.764. The van der Waals surface area contributed by atoms with Gasteiger partial charge in [0.2, 0.25) is 5.91 Å². The highest BCUT2D eigenvalue weighted by Crippen LogP contribution is 2.26. The van der Waals surface area contributed by atoms with E-state index in [9.17, 15) is 9.59 Å². The van der Waals surface area contributed by atoms with Gasteiger partial charge < -0.3 is 14.4 Å². The third-order valence-corrected chi connectivity index (χ3v) is 4.83. The first-order chi connectivity index (χ1) is 12.6. The van der Waals surface area contributed by atoms with Gasteiger partial charge >= 0.3 is 0 Å². The highest BCUT2D eigenvalue weighted by molar-refractivity contribution is 5.92. The van der Waals surface area contributed by atoms with E-state index in [-0.39, 0.29) is 24.3 Å². The first-order valence-electron chi connectivity index (χ1n) is 8.69. The predicted octanol–water partition coefficient (Wildman–Crippen LogP) is 0.831. The number of rotatable bonds is 3. The number of nitrogens with zero attached hydrogens (tertiary/aromatic N) is 6. The summed E-state index contributed by atoms with van der Waals surface area (Å²) in [6.07, 6.45) is 10.7. The van der Waals surface area contributed by atoms with E-state index in [0.29, 0.717) is 31.9 Å². The molecule has 0 saturated heterocycles. The molecule has 2 aliphatic rings. The maximum absolute atomic E-state index is 12.7. The zero-order valence-electron chi connectivity index (χ0n) is 14.6. The molecule has 0 N–H and O–H groups in total. The molecule has 4 heterocycles. The van der Waals surface area contributed by atoms with Crippen LogP contribution in [0, 0.1) is 0 Å². The average molecular weight is 352 g/mol. The van der Waals surface area contributed by atoms with Gasteiger partial charge in [-0.05, 0) is 6.92 Å². The number of hydrogen-bond donors (Lipinski definition) is 0. The molecule has 2 aromatic heterocycles. The highest BCUT2D eigenvalue weighted by atomic mass is 16.2. The molecular formula is C18H20N6O2. The molecule has 0 saturated carbocycles. The van der Waals surface area contributed by atoms with Crippen molar-refractivity contribution in [2.75, 3.05) is 19.6 Å². The van der Waals surface area contributed by atoms with Crippen LogP contribution in [0.3, 0.4) is 0 Å². The largest absolute Gasteiger partial charge is 0.335 e. The van der Waals surface area contributed by atoms with E-state index in [0.717, 1.165) is 11.5 Å². The van der Waals surface area contributed by atoms with Gasteiger partial charge in [-0.15, -0.1) is 0 Å². The van der Waals surface area contributed by atoms with E-state index in [2.05, 4.69) is 15.0 Å². The van der Waals surface area contributed by atoms with Crippen LogP contribution < -0.4 is 0 Å². The van der Waals surface area contributed by atoms with Crippen LogP contribution in [0.25, 0.3) is 0 Å². The van der Waals surface area contributed by atoms with E-state index >= 15 is 0 Å². The van der Waals surface area contributed by atoms with E-state index in [1.807, 2.05) is 29.8 Å². The summed E-state index contributed by atoms with van der Waals surface area (Å²) >= 11 is 0. The molecule has 2 amide bonds. The number of aromatic nitrogens is 4. The molecule has 2 aromatic rings. The summed E-state index contributed by atoms with van der Waals surface area (Å²) in [6, 6.07) is -0.185. The van der Waals surface area contributed by atoms with Crippen LogP contribution >= 0.6 is 0 Å². The van der Waals surface area contributed by atoms with Gasteiger partial charge in [-0.3, -0.25) is 14.6 Å². The number of fused-ring (bicyclic) bond motifs is 1. The molecule has 0 aliphatic carbocycles. The minimum Gasteiger partial charge on any atom is -0.335 e. The smallest absolute Gasteiger partial charge is 0.274 e. The maximum atomic E-state index is 12.7. The van der Waals surface area contributed by atoms with Crippen LogP contribution in [0.2, 0.25) is 0 Å². The third kappa shape index (κ3) is 2.98. The molecule has 26 heavy (non-hydrogen) atoms. The molecule has 0 spiro atoms. The van der Waals surface area contributed by atoms with Crippen molar-refractivity contribution in [3.05, 3.63) is 54.2 Å². The molecule has 8 nitrogen and oxygen atoms in total. The van der Waals surface area contributed by atoms with E-state index in [1.54, 1.807) is 16.0 Å². The SMILES string of the molecule is C[C@@H]1c2nc(CC(=O)N3CC=CC3)cn2CCN1C(=O)c1cnccn1. The van der Waals surface area contributed by atoms with Crippen molar-refractivity contribution in [2.24, 2.45) is 0 Å². The van der Waals surface area contributed by atoms with Crippen LogP contribution in [0.1, 0.15) is 35.0 Å². The van der Waals surface area contributed by atoms with Crippen LogP contribution in [0.5, 0.6) is 0 Å². The lowest BCUT2D eigenvalue weighted by molar-refractivity contribution is -0.129. The van der Waals surface area contributed by atoms with Crippen molar-refractivity contribution < 1.29 is 9.59 Å². The van der Waals surface area contributed by atoms with Crippen LogP contribution in [-0.4, -0.2) is 60.8 Å². The maximum Gasteiger partial charge on any atom is 0.274 e. The molecule has 0 fully saturated rings. The van der Waals surface area contributed by atoms with E-state index in [4.69, 9.17) is 0 Å². The van der Waals surface area contributed by atoms with Crippen molar-refractivity contribution in [2.45, 2.75) is 25.9 Å². The van der Waals surface area contributed by atoms with E-state index < -0.39 is 0 Å². The van der Waals surface area contributed by atoms with Gasteiger partial charge in [0, 0.05) is 44.8 Å². The lowest BCUT2D eigenvalue weighted by Gasteiger charge is -2.33. The van der Waals surface area contributed by atoms with Crippen molar-refractivity contribution in [3.63, 3.8) is 0 Å². The standard InChI is InChI=1S/C18H20N6O2/c1-13-17-21-14(10-16(25)22-6-2-3-7-22)12-23(17)8-9-24(13)18(26)15-11-19-4-5-20-15/h2-5,11-13H,6-10H2,1H3/t13-/m1/s1. The van der Waals surface area contributed by atoms with Crippen molar-refractivity contribution in [1.82, 2.24) is 29.3 Å². The molecule has 0 bridgehead atoms. The fourth-order valence-electron chi connectivity index (χ4n) is 3.41. The Morgan fingerprint density at radius 1 is 1.19 bits per heavy atom. The Balaban J connectivity index is 1.50. The fraction of sp³-hybridized carbons (Fsp3) is 0.389. The zero-order chi connectivity index (χ0) is 18.1. The normalized spacial score (nSPS) is 18.9. The summed E-state index contributed by atoms with van der Waals surface area (Å²) in [5.41, 5.74) is 1.08. The van der Waals surface area contributed by atoms with Gasteiger partial charge in [0.05, 0.1) is 24.4 Å². The summed E-state index contributed by atoms with van der Waals surface area (Å²) < 4.78 is 2.04. The Bertz CT molecular complexity index is 852. The van der Waals surface area contributed by atoms with Gasteiger partial charge in [-0.2, -0.15) is 0 Å². The number of amides is 2. The molecule has 8 heteroatoms. The Hall–Kier alpha value is -3.03. The topological polar surface area (TPSA) is 84.2 Å². The van der Waals surface area contributed by atoms with Gasteiger partial charge in [0.25, 0.3) is 5.91 Å². The van der Waals surface area contributed by atoms with Crippen molar-refractivity contribution in [3.8, 4) is 0 Å². The summed E-state index contributed by atoms with van der Waals surface area (Å²) in [7, 11) is 0. The molecule has 0 radical (unpaired) electrons. The second-order valence-corrected chi connectivity index (χ2v) is 6.50. The van der Waals surface area contributed by atoms with Gasteiger partial charge in [0.15, 0.2) is 0 Å². The Morgan fingerprint density at radius 3 is 2.73 bits per heavy atom. The molecule has 134 valence electrons. The Morgan fingerprint density at radius 2 is 2.00 bits per heavy atom.